The molecule has 0 bridgehead atoms. The molecule has 0 amide bonds. The number of carbonyl (C=O) groups excluding carboxylic acids is 1. The molecule has 0 aliphatic carbocycles. The largest absolute Gasteiger partial charge is 0.488 e. The summed E-state index contributed by atoms with van der Waals surface area (Å²) < 4.78 is 10.7. The number of rotatable bonds is 7. The molecule has 30 heavy (non-hydrogen) atoms. The van der Waals surface area contributed by atoms with E-state index in [-0.39, 0.29) is 5.56 Å². The maximum Gasteiger partial charge on any atom is 0.338 e. The normalized spacial score (nSPS) is 10.7. The Kier molecular flexibility index (Phi) is 6.60. The lowest BCUT2D eigenvalue weighted by atomic mass is 10.1. The van der Waals surface area contributed by atoms with Crippen molar-refractivity contribution in [3.8, 4) is 5.75 Å². The van der Waals surface area contributed by atoms with Crippen molar-refractivity contribution in [2.24, 2.45) is 4.99 Å². The summed E-state index contributed by atoms with van der Waals surface area (Å²) in [6, 6.07) is 19.3. The van der Waals surface area contributed by atoms with Gasteiger partial charge in [-0.15, -0.1) is 0 Å². The van der Waals surface area contributed by atoms with E-state index in [1.807, 2.05) is 37.3 Å². The first-order chi connectivity index (χ1) is 14.5. The lowest BCUT2D eigenvalue weighted by Gasteiger charge is -2.10. The van der Waals surface area contributed by atoms with E-state index < -0.39 is 11.9 Å². The summed E-state index contributed by atoms with van der Waals surface area (Å²) in [6.45, 7) is 2.11. The SMILES string of the molecule is COC(=O)c1cccc(N=Cc2ccccc2OCc2ccc(C(=O)O)cc2)c1C. The molecule has 0 aromatic heterocycles. The van der Waals surface area contributed by atoms with Gasteiger partial charge in [0.15, 0.2) is 0 Å². The molecule has 152 valence electrons. The Labute approximate surface area is 174 Å². The molecule has 0 aliphatic heterocycles. The van der Waals surface area contributed by atoms with E-state index in [2.05, 4.69) is 4.99 Å². The molecule has 0 unspecified atom stereocenters. The van der Waals surface area contributed by atoms with E-state index >= 15 is 0 Å². The van der Waals surface area contributed by atoms with Gasteiger partial charge in [0.05, 0.1) is 23.9 Å². The minimum Gasteiger partial charge on any atom is -0.488 e. The number of aromatic carboxylic acids is 1. The van der Waals surface area contributed by atoms with Crippen molar-refractivity contribution in [3.05, 3.63) is 94.5 Å². The number of para-hydroxylation sites is 1. The number of hydrogen-bond donors (Lipinski definition) is 1. The van der Waals surface area contributed by atoms with Crippen LogP contribution < -0.4 is 4.74 Å². The molecular weight excluding hydrogens is 382 g/mol. The molecule has 0 heterocycles. The number of carbonyl (C=O) groups is 2. The molecule has 0 saturated heterocycles. The van der Waals surface area contributed by atoms with Gasteiger partial charge < -0.3 is 14.6 Å². The maximum atomic E-state index is 11.9. The molecule has 0 radical (unpaired) electrons. The minimum absolute atomic E-state index is 0.232. The van der Waals surface area contributed by atoms with Crippen LogP contribution in [-0.4, -0.2) is 30.4 Å². The topological polar surface area (TPSA) is 85.2 Å². The molecule has 3 aromatic carbocycles. The van der Waals surface area contributed by atoms with Crippen LogP contribution in [0.2, 0.25) is 0 Å². The van der Waals surface area contributed by atoms with Crippen molar-refractivity contribution in [1.29, 1.82) is 0 Å². The standard InChI is InChI=1S/C24H21NO5/c1-16-20(24(28)29-2)7-5-8-21(16)25-14-19-6-3-4-9-22(19)30-15-17-10-12-18(13-11-17)23(26)27/h3-14H,15H2,1-2H3,(H,26,27). The fourth-order valence-electron chi connectivity index (χ4n) is 2.86. The van der Waals surface area contributed by atoms with Gasteiger partial charge in [-0.1, -0.05) is 30.3 Å². The number of carboxylic acids is 1. The highest BCUT2D eigenvalue weighted by Crippen LogP contribution is 2.24. The highest BCUT2D eigenvalue weighted by Gasteiger charge is 2.11. The molecule has 3 aromatic rings. The molecule has 0 fully saturated rings. The van der Waals surface area contributed by atoms with Crippen LogP contribution in [0.3, 0.4) is 0 Å². The van der Waals surface area contributed by atoms with Gasteiger partial charge in [-0.05, 0) is 54.4 Å². The second-order valence-corrected chi connectivity index (χ2v) is 6.53. The summed E-state index contributed by atoms with van der Waals surface area (Å²) in [7, 11) is 1.35. The number of hydrogen-bond acceptors (Lipinski definition) is 5. The molecule has 0 saturated carbocycles. The van der Waals surface area contributed by atoms with E-state index in [0.29, 0.717) is 23.6 Å². The Balaban J connectivity index is 1.77. The van der Waals surface area contributed by atoms with Crippen molar-refractivity contribution < 1.29 is 24.2 Å². The van der Waals surface area contributed by atoms with E-state index in [9.17, 15) is 9.59 Å². The molecule has 6 heteroatoms. The van der Waals surface area contributed by atoms with Crippen molar-refractivity contribution in [1.82, 2.24) is 0 Å². The Morgan fingerprint density at radius 2 is 1.73 bits per heavy atom. The molecule has 1 N–H and O–H groups in total. The first kappa shape index (κ1) is 20.8. The number of aliphatic imine (C=N–C) groups is 1. The second kappa shape index (κ2) is 9.52. The van der Waals surface area contributed by atoms with Gasteiger partial charge in [0, 0.05) is 11.8 Å². The average molecular weight is 403 g/mol. The summed E-state index contributed by atoms with van der Waals surface area (Å²) in [5.41, 5.74) is 3.74. The van der Waals surface area contributed by atoms with Gasteiger partial charge in [0.1, 0.15) is 12.4 Å². The van der Waals surface area contributed by atoms with Crippen LogP contribution in [0.15, 0.2) is 71.7 Å². The van der Waals surface area contributed by atoms with Crippen LogP contribution >= 0.6 is 0 Å². The van der Waals surface area contributed by atoms with Crippen molar-refractivity contribution in [2.45, 2.75) is 13.5 Å². The Bertz CT molecular complexity index is 1090. The Morgan fingerprint density at radius 1 is 1.00 bits per heavy atom. The molecule has 6 nitrogen and oxygen atoms in total. The van der Waals surface area contributed by atoms with Gasteiger partial charge >= 0.3 is 11.9 Å². The van der Waals surface area contributed by atoms with Gasteiger partial charge in [0.2, 0.25) is 0 Å². The zero-order chi connectivity index (χ0) is 21.5. The third-order valence-corrected chi connectivity index (χ3v) is 4.57. The smallest absolute Gasteiger partial charge is 0.338 e. The van der Waals surface area contributed by atoms with Gasteiger partial charge in [0.25, 0.3) is 0 Å². The van der Waals surface area contributed by atoms with Gasteiger partial charge in [-0.2, -0.15) is 0 Å². The molecule has 0 spiro atoms. The van der Waals surface area contributed by atoms with Crippen LogP contribution in [0.5, 0.6) is 5.75 Å². The summed E-state index contributed by atoms with van der Waals surface area (Å²) >= 11 is 0. The predicted molar refractivity (Wildman–Crippen MR) is 114 cm³/mol. The van der Waals surface area contributed by atoms with Crippen LogP contribution in [-0.2, 0) is 11.3 Å². The molecular formula is C24H21NO5. The highest BCUT2D eigenvalue weighted by atomic mass is 16.5. The zero-order valence-electron chi connectivity index (χ0n) is 16.7. The molecule has 0 aliphatic rings. The lowest BCUT2D eigenvalue weighted by molar-refractivity contribution is 0.0599. The molecule has 3 rings (SSSR count). The summed E-state index contributed by atoms with van der Waals surface area (Å²) in [5, 5.41) is 8.98. The minimum atomic E-state index is -0.962. The van der Waals surface area contributed by atoms with Crippen LogP contribution in [0, 0.1) is 6.92 Å². The first-order valence-electron chi connectivity index (χ1n) is 9.25. The number of esters is 1. The third kappa shape index (κ3) is 4.91. The van der Waals surface area contributed by atoms with Gasteiger partial charge in [-0.25, -0.2) is 9.59 Å². The zero-order valence-corrected chi connectivity index (χ0v) is 16.7. The van der Waals surface area contributed by atoms with Gasteiger partial charge in [-0.3, -0.25) is 4.99 Å². The van der Waals surface area contributed by atoms with Crippen LogP contribution in [0.25, 0.3) is 0 Å². The Hall–Kier alpha value is -3.93. The Morgan fingerprint density at radius 3 is 2.43 bits per heavy atom. The van der Waals surface area contributed by atoms with E-state index in [4.69, 9.17) is 14.6 Å². The number of methoxy groups -OCH3 is 1. The summed E-state index contributed by atoms with van der Waals surface area (Å²) in [5.74, 6) is -0.719. The molecule has 0 atom stereocenters. The van der Waals surface area contributed by atoms with Crippen molar-refractivity contribution in [3.63, 3.8) is 0 Å². The fourth-order valence-corrected chi connectivity index (χ4v) is 2.86. The fraction of sp³-hybridized carbons (Fsp3) is 0.125. The van der Waals surface area contributed by atoms with Crippen molar-refractivity contribution in [2.75, 3.05) is 7.11 Å². The van der Waals surface area contributed by atoms with E-state index in [1.54, 1.807) is 42.6 Å². The van der Waals surface area contributed by atoms with Crippen molar-refractivity contribution >= 4 is 23.8 Å². The van der Waals surface area contributed by atoms with E-state index in [0.717, 1.165) is 16.7 Å². The highest BCUT2D eigenvalue weighted by molar-refractivity contribution is 5.93. The number of benzene rings is 3. The third-order valence-electron chi connectivity index (χ3n) is 4.57. The van der Waals surface area contributed by atoms with Crippen LogP contribution in [0.1, 0.15) is 37.4 Å². The van der Waals surface area contributed by atoms with Crippen LogP contribution in [0.4, 0.5) is 5.69 Å². The summed E-state index contributed by atoms with van der Waals surface area (Å²) in [4.78, 5) is 27.3. The number of nitrogens with zero attached hydrogens (tertiary/aromatic N) is 1. The average Bonchev–Trinajstić information content (AvgIpc) is 2.77. The predicted octanol–water partition coefficient (Wildman–Crippen LogP) is 4.81. The first-order valence-corrected chi connectivity index (χ1v) is 9.25. The summed E-state index contributed by atoms with van der Waals surface area (Å²) in [6.07, 6.45) is 1.69. The maximum absolute atomic E-state index is 11.9. The monoisotopic (exact) mass is 403 g/mol. The number of carboxylic acid groups (broad SMARTS) is 1. The second-order valence-electron chi connectivity index (χ2n) is 6.53. The van der Waals surface area contributed by atoms with E-state index in [1.165, 1.54) is 7.11 Å². The quantitative estimate of drug-likeness (QED) is 0.452. The lowest BCUT2D eigenvalue weighted by Crippen LogP contribution is -2.03. The number of ether oxygens (including phenoxy) is 2.